The van der Waals surface area contributed by atoms with E-state index < -0.39 is 13.6 Å². The molecule has 116 valence electrons. The minimum Gasteiger partial charge on any atom is -0.321 e. The Bertz CT molecular complexity index is 746. The first-order valence-corrected chi connectivity index (χ1v) is 8.19. The summed E-state index contributed by atoms with van der Waals surface area (Å²) in [6.45, 7) is 0. The van der Waals surface area contributed by atoms with Crippen LogP contribution in [0.2, 0.25) is 10.3 Å². The number of hydrogen-bond acceptors (Lipinski definition) is 3. The highest BCUT2D eigenvalue weighted by molar-refractivity contribution is 7.60. The van der Waals surface area contributed by atoms with Crippen LogP contribution in [0.1, 0.15) is 0 Å². The van der Waals surface area contributed by atoms with Gasteiger partial charge in [-0.25, -0.2) is 9.78 Å². The number of urea groups is 1. The van der Waals surface area contributed by atoms with Crippen LogP contribution in [0.3, 0.4) is 0 Å². The van der Waals surface area contributed by atoms with E-state index in [0.29, 0.717) is 0 Å². The Labute approximate surface area is 135 Å². The molecule has 2 amide bonds. The fourth-order valence-electron chi connectivity index (χ4n) is 1.66. The molecule has 22 heavy (non-hydrogen) atoms. The third kappa shape index (κ3) is 4.43. The summed E-state index contributed by atoms with van der Waals surface area (Å²) in [7, 11) is -4.50. The van der Waals surface area contributed by atoms with Gasteiger partial charge in [-0.05, 0) is 24.3 Å². The molecule has 0 bridgehead atoms. The number of nitrogens with zero attached hydrogens (tertiary/aromatic N) is 1. The molecule has 1 aromatic heterocycles. The number of nitrogens with one attached hydrogen (secondary N) is 2. The SMILES string of the molecule is O=C(Nc1cc(Cl)nc(Cl)c1)Nc1ccccc1P(=O)(O)O. The Balaban J connectivity index is 2.18. The molecule has 0 aliphatic heterocycles. The first-order valence-electron chi connectivity index (χ1n) is 5.82. The first kappa shape index (κ1) is 16.7. The Hall–Kier alpha value is -1.63. The zero-order valence-corrected chi connectivity index (χ0v) is 13.2. The summed E-state index contributed by atoms with van der Waals surface area (Å²) < 4.78 is 11.4. The Morgan fingerprint density at radius 1 is 1.09 bits per heavy atom. The molecule has 0 radical (unpaired) electrons. The lowest BCUT2D eigenvalue weighted by molar-refractivity contribution is 0.262. The Kier molecular flexibility index (Phi) is 5.05. The highest BCUT2D eigenvalue weighted by atomic mass is 35.5. The smallest absolute Gasteiger partial charge is 0.321 e. The van der Waals surface area contributed by atoms with Crippen LogP contribution < -0.4 is 15.9 Å². The van der Waals surface area contributed by atoms with Crippen molar-refractivity contribution in [3.8, 4) is 0 Å². The molecule has 0 aliphatic carbocycles. The molecule has 0 saturated heterocycles. The van der Waals surface area contributed by atoms with Gasteiger partial charge in [0.25, 0.3) is 0 Å². The summed E-state index contributed by atoms with van der Waals surface area (Å²) in [6.07, 6.45) is 0. The second-order valence-corrected chi connectivity index (χ2v) is 6.49. The number of anilines is 2. The lowest BCUT2D eigenvalue weighted by atomic mass is 10.3. The van der Waals surface area contributed by atoms with Crippen LogP contribution in [0.25, 0.3) is 0 Å². The molecule has 4 N–H and O–H groups in total. The van der Waals surface area contributed by atoms with E-state index in [1.54, 1.807) is 0 Å². The van der Waals surface area contributed by atoms with Crippen LogP contribution >= 0.6 is 30.8 Å². The fraction of sp³-hybridized carbons (Fsp3) is 0. The predicted molar refractivity (Wildman–Crippen MR) is 85.0 cm³/mol. The van der Waals surface area contributed by atoms with Crippen molar-refractivity contribution in [1.82, 2.24) is 4.98 Å². The zero-order chi connectivity index (χ0) is 16.3. The molecule has 2 aromatic rings. The van der Waals surface area contributed by atoms with E-state index in [2.05, 4.69) is 15.6 Å². The van der Waals surface area contributed by atoms with E-state index in [9.17, 15) is 19.1 Å². The highest BCUT2D eigenvalue weighted by Crippen LogP contribution is 2.36. The third-order valence-electron chi connectivity index (χ3n) is 2.49. The summed E-state index contributed by atoms with van der Waals surface area (Å²) in [5.41, 5.74) is 0.288. The second kappa shape index (κ2) is 6.64. The molecule has 0 spiro atoms. The van der Waals surface area contributed by atoms with Crippen molar-refractivity contribution in [3.63, 3.8) is 0 Å². The average molecular weight is 362 g/mol. The molecule has 0 fully saturated rings. The van der Waals surface area contributed by atoms with E-state index in [4.69, 9.17) is 23.2 Å². The van der Waals surface area contributed by atoms with Crippen LogP contribution in [-0.2, 0) is 4.57 Å². The van der Waals surface area contributed by atoms with Crippen molar-refractivity contribution in [3.05, 3.63) is 46.7 Å². The number of aromatic nitrogens is 1. The number of rotatable bonds is 3. The molecule has 1 aromatic carbocycles. The number of hydrogen-bond donors (Lipinski definition) is 4. The summed E-state index contributed by atoms with van der Waals surface area (Å²) >= 11 is 11.4. The Morgan fingerprint density at radius 2 is 1.68 bits per heavy atom. The zero-order valence-electron chi connectivity index (χ0n) is 10.8. The van der Waals surface area contributed by atoms with Gasteiger partial charge in [0.1, 0.15) is 10.3 Å². The lowest BCUT2D eigenvalue weighted by Crippen LogP contribution is -2.23. The summed E-state index contributed by atoms with van der Waals surface area (Å²) in [6, 6.07) is 7.65. The molecular formula is C12H10Cl2N3O4P. The number of carbonyl (C=O) groups excluding carboxylic acids is 1. The minimum atomic E-state index is -4.50. The number of benzene rings is 1. The maximum atomic E-state index is 11.9. The number of halogens is 2. The summed E-state index contributed by atoms with van der Waals surface area (Å²) in [4.78, 5) is 34.1. The molecular weight excluding hydrogens is 352 g/mol. The van der Waals surface area contributed by atoms with E-state index in [-0.39, 0.29) is 27.0 Å². The molecule has 0 atom stereocenters. The van der Waals surface area contributed by atoms with E-state index in [1.807, 2.05) is 0 Å². The van der Waals surface area contributed by atoms with Crippen molar-refractivity contribution in [2.24, 2.45) is 0 Å². The maximum absolute atomic E-state index is 11.9. The number of amides is 2. The molecule has 0 aliphatic rings. The number of para-hydroxylation sites is 1. The van der Waals surface area contributed by atoms with Gasteiger partial charge >= 0.3 is 13.6 Å². The van der Waals surface area contributed by atoms with Crippen molar-refractivity contribution < 1.29 is 19.1 Å². The van der Waals surface area contributed by atoms with E-state index in [1.165, 1.54) is 36.4 Å². The van der Waals surface area contributed by atoms with Gasteiger partial charge in [-0.1, -0.05) is 35.3 Å². The third-order valence-corrected chi connectivity index (χ3v) is 3.89. The summed E-state index contributed by atoms with van der Waals surface area (Å²) in [5.74, 6) is 0. The van der Waals surface area contributed by atoms with Crippen LogP contribution in [0.5, 0.6) is 0 Å². The van der Waals surface area contributed by atoms with Gasteiger partial charge in [0.2, 0.25) is 0 Å². The highest BCUT2D eigenvalue weighted by Gasteiger charge is 2.22. The van der Waals surface area contributed by atoms with Crippen LogP contribution in [-0.4, -0.2) is 20.8 Å². The fourth-order valence-corrected chi connectivity index (χ4v) is 2.84. The van der Waals surface area contributed by atoms with Crippen molar-refractivity contribution in [2.45, 2.75) is 0 Å². The van der Waals surface area contributed by atoms with E-state index in [0.717, 1.165) is 0 Å². The van der Waals surface area contributed by atoms with Gasteiger partial charge < -0.3 is 20.4 Å². The first-order chi connectivity index (χ1) is 10.3. The molecule has 1 heterocycles. The summed E-state index contributed by atoms with van der Waals surface area (Å²) in [5, 5.41) is 4.70. The molecule has 0 saturated carbocycles. The van der Waals surface area contributed by atoms with Gasteiger partial charge in [0, 0.05) is 5.69 Å². The van der Waals surface area contributed by atoms with Crippen LogP contribution in [0.4, 0.5) is 16.2 Å². The lowest BCUT2D eigenvalue weighted by Gasteiger charge is -2.12. The van der Waals surface area contributed by atoms with Crippen molar-refractivity contribution in [2.75, 3.05) is 10.6 Å². The maximum Gasteiger partial charge on any atom is 0.358 e. The largest absolute Gasteiger partial charge is 0.358 e. The minimum absolute atomic E-state index is 0.000386. The predicted octanol–water partition coefficient (Wildman–Crippen LogP) is 2.84. The topological polar surface area (TPSA) is 112 Å². The number of pyridine rings is 1. The van der Waals surface area contributed by atoms with Gasteiger partial charge in [0.05, 0.1) is 11.0 Å². The monoisotopic (exact) mass is 361 g/mol. The quantitative estimate of drug-likeness (QED) is 0.496. The van der Waals surface area contributed by atoms with Gasteiger partial charge in [-0.2, -0.15) is 0 Å². The van der Waals surface area contributed by atoms with Gasteiger partial charge in [-0.3, -0.25) is 4.57 Å². The van der Waals surface area contributed by atoms with Gasteiger partial charge in [0.15, 0.2) is 0 Å². The average Bonchev–Trinajstić information content (AvgIpc) is 2.36. The molecule has 7 nitrogen and oxygen atoms in total. The van der Waals surface area contributed by atoms with Crippen LogP contribution in [0, 0.1) is 0 Å². The van der Waals surface area contributed by atoms with Crippen molar-refractivity contribution in [1.29, 1.82) is 0 Å². The van der Waals surface area contributed by atoms with Crippen LogP contribution in [0.15, 0.2) is 36.4 Å². The molecule has 10 heteroatoms. The second-order valence-electron chi connectivity index (χ2n) is 4.14. The van der Waals surface area contributed by atoms with E-state index >= 15 is 0 Å². The standard InChI is InChI=1S/C12H10Cl2N3O4P/c13-10-5-7(6-11(14)17-10)15-12(18)16-8-3-1-2-4-9(8)22(19,20)21/h1-6H,(H2,19,20,21)(H2,15,16,17,18). The van der Waals surface area contributed by atoms with Crippen molar-refractivity contribution >= 4 is 53.5 Å². The molecule has 2 rings (SSSR count). The molecule has 0 unspecified atom stereocenters. The number of carbonyl (C=O) groups is 1. The Morgan fingerprint density at radius 3 is 2.27 bits per heavy atom. The van der Waals surface area contributed by atoms with Gasteiger partial charge in [-0.15, -0.1) is 0 Å². The normalized spacial score (nSPS) is 11.1.